The van der Waals surface area contributed by atoms with Crippen LogP contribution >= 0.6 is 0 Å². The van der Waals surface area contributed by atoms with Gasteiger partial charge in [0, 0.05) is 19.3 Å². The van der Waals surface area contributed by atoms with Crippen molar-refractivity contribution in [1.29, 1.82) is 5.26 Å². The molecule has 0 radical (unpaired) electrons. The van der Waals surface area contributed by atoms with Gasteiger partial charge in [-0.2, -0.15) is 5.26 Å². The molecule has 6 nitrogen and oxygen atoms in total. The molecule has 126 valence electrons. The number of likely N-dealkylation sites (N-methyl/N-ethyl adjacent to an activating group) is 1. The highest BCUT2D eigenvalue weighted by atomic mass is 32.2. The van der Waals surface area contributed by atoms with Crippen LogP contribution in [0.3, 0.4) is 0 Å². The molecule has 0 saturated carbocycles. The fourth-order valence-electron chi connectivity index (χ4n) is 2.06. The molecular weight excluding hydrogens is 316 g/mol. The molecule has 0 aliphatic heterocycles. The number of nitriles is 1. The number of rotatable bonds is 6. The second kappa shape index (κ2) is 7.47. The summed E-state index contributed by atoms with van der Waals surface area (Å²) in [5.74, 6) is -0.0196. The predicted octanol–water partition coefficient (Wildman–Crippen LogP) is 1.61. The third-order valence-corrected chi connectivity index (χ3v) is 5.72. The summed E-state index contributed by atoms with van der Waals surface area (Å²) in [6, 6.07) is 8.15. The van der Waals surface area contributed by atoms with E-state index in [9.17, 15) is 13.2 Å². The van der Waals surface area contributed by atoms with E-state index in [-0.39, 0.29) is 5.91 Å². The number of amides is 1. The lowest BCUT2D eigenvalue weighted by Crippen LogP contribution is -2.48. The van der Waals surface area contributed by atoms with Gasteiger partial charge >= 0.3 is 0 Å². The fourth-order valence-corrected chi connectivity index (χ4v) is 2.96. The molecule has 1 amide bonds. The van der Waals surface area contributed by atoms with E-state index < -0.39 is 27.2 Å². The topological polar surface area (TPSA) is 87.5 Å². The van der Waals surface area contributed by atoms with Crippen LogP contribution in [0.15, 0.2) is 24.3 Å². The zero-order valence-electron chi connectivity index (χ0n) is 14.0. The Labute approximate surface area is 137 Å². The van der Waals surface area contributed by atoms with Crippen molar-refractivity contribution in [2.24, 2.45) is 0 Å². The van der Waals surface area contributed by atoms with E-state index in [1.165, 1.54) is 4.90 Å². The van der Waals surface area contributed by atoms with Gasteiger partial charge in [-0.25, -0.2) is 8.42 Å². The summed E-state index contributed by atoms with van der Waals surface area (Å²) in [6.07, 6.45) is 0.318. The number of hydrogen-bond donors (Lipinski definition) is 0. The van der Waals surface area contributed by atoms with Crippen molar-refractivity contribution in [2.75, 3.05) is 13.3 Å². The summed E-state index contributed by atoms with van der Waals surface area (Å²) in [5.41, 5.74) is 0.340. The Kier molecular flexibility index (Phi) is 6.16. The van der Waals surface area contributed by atoms with Gasteiger partial charge in [-0.05, 0) is 32.9 Å². The molecule has 0 aliphatic rings. The summed E-state index contributed by atoms with van der Waals surface area (Å²) in [5, 5.41) is 8.35. The summed E-state index contributed by atoms with van der Waals surface area (Å²) < 4.78 is 28.8. The van der Waals surface area contributed by atoms with Gasteiger partial charge in [0.05, 0.1) is 10.8 Å². The standard InChI is InChI=1S/C16H22N2O4S/c1-11(13(3)23(5,20)21)18(4)16(19)12(2)22-15-9-7-6-8-14(15)10-17/h6-9,11-13H,1-5H3/t11-,12+,13-/m1/s1. The average molecular weight is 338 g/mol. The lowest BCUT2D eigenvalue weighted by atomic mass is 10.2. The maximum Gasteiger partial charge on any atom is 0.263 e. The Balaban J connectivity index is 2.86. The zero-order valence-corrected chi connectivity index (χ0v) is 14.8. The minimum Gasteiger partial charge on any atom is -0.480 e. The van der Waals surface area contributed by atoms with Crippen molar-refractivity contribution in [2.45, 2.75) is 38.2 Å². The number of nitrogens with zero attached hydrogens (tertiary/aromatic N) is 2. The summed E-state index contributed by atoms with van der Waals surface area (Å²) in [4.78, 5) is 13.8. The van der Waals surface area contributed by atoms with E-state index in [1.54, 1.807) is 52.1 Å². The Morgan fingerprint density at radius 1 is 1.26 bits per heavy atom. The van der Waals surface area contributed by atoms with Gasteiger partial charge in [-0.1, -0.05) is 12.1 Å². The van der Waals surface area contributed by atoms with Gasteiger partial charge in [0.25, 0.3) is 5.91 Å². The second-order valence-electron chi connectivity index (χ2n) is 5.59. The lowest BCUT2D eigenvalue weighted by Gasteiger charge is -2.31. The number of ether oxygens (including phenoxy) is 1. The van der Waals surface area contributed by atoms with Gasteiger partial charge in [0.2, 0.25) is 0 Å². The van der Waals surface area contributed by atoms with Crippen molar-refractivity contribution in [1.82, 2.24) is 4.90 Å². The van der Waals surface area contributed by atoms with Gasteiger partial charge < -0.3 is 9.64 Å². The molecule has 0 spiro atoms. The van der Waals surface area contributed by atoms with Crippen LogP contribution in [0, 0.1) is 11.3 Å². The Morgan fingerprint density at radius 3 is 2.35 bits per heavy atom. The van der Waals surface area contributed by atoms with Gasteiger partial charge in [0.1, 0.15) is 11.8 Å². The minimum absolute atomic E-state index is 0.327. The molecule has 1 aromatic rings. The molecule has 0 heterocycles. The van der Waals surface area contributed by atoms with Crippen molar-refractivity contribution in [3.8, 4) is 11.8 Å². The first-order chi connectivity index (χ1) is 10.6. The van der Waals surface area contributed by atoms with Crippen molar-refractivity contribution in [3.63, 3.8) is 0 Å². The molecule has 7 heteroatoms. The van der Waals surface area contributed by atoms with Crippen LogP contribution in [-0.4, -0.2) is 49.9 Å². The van der Waals surface area contributed by atoms with Crippen LogP contribution in [0.25, 0.3) is 0 Å². The third kappa shape index (κ3) is 4.70. The van der Waals surface area contributed by atoms with Crippen molar-refractivity contribution >= 4 is 15.7 Å². The van der Waals surface area contributed by atoms with Gasteiger partial charge in [-0.3, -0.25) is 4.79 Å². The maximum atomic E-state index is 12.4. The van der Waals surface area contributed by atoms with Crippen LogP contribution in [0.2, 0.25) is 0 Å². The Morgan fingerprint density at radius 2 is 1.83 bits per heavy atom. The SMILES string of the molecule is C[C@H](Oc1ccccc1C#N)C(=O)N(C)[C@H](C)[C@@H](C)S(C)(=O)=O. The van der Waals surface area contributed by atoms with Gasteiger partial charge in [-0.15, -0.1) is 0 Å². The molecular formula is C16H22N2O4S. The quantitative estimate of drug-likeness (QED) is 0.786. The first-order valence-electron chi connectivity index (χ1n) is 7.21. The number of carbonyl (C=O) groups is 1. The monoisotopic (exact) mass is 338 g/mol. The van der Waals surface area contributed by atoms with E-state index in [0.29, 0.717) is 11.3 Å². The summed E-state index contributed by atoms with van der Waals surface area (Å²) in [6.45, 7) is 4.82. The molecule has 1 rings (SSSR count). The first kappa shape index (κ1) is 19.0. The summed E-state index contributed by atoms with van der Waals surface area (Å²) in [7, 11) is -1.71. The van der Waals surface area contributed by atoms with Crippen LogP contribution < -0.4 is 4.74 Å². The fraction of sp³-hybridized carbons (Fsp3) is 0.500. The maximum absolute atomic E-state index is 12.4. The van der Waals surface area contributed by atoms with E-state index in [0.717, 1.165) is 6.26 Å². The number of hydrogen-bond acceptors (Lipinski definition) is 5. The molecule has 3 atom stereocenters. The Hall–Kier alpha value is -2.07. The normalized spacial score (nSPS) is 15.1. The largest absolute Gasteiger partial charge is 0.480 e. The number of sulfone groups is 1. The molecule has 0 fully saturated rings. The first-order valence-corrected chi connectivity index (χ1v) is 9.16. The van der Waals surface area contributed by atoms with Crippen LogP contribution in [-0.2, 0) is 14.6 Å². The average Bonchev–Trinajstić information content (AvgIpc) is 2.51. The van der Waals surface area contributed by atoms with Crippen LogP contribution in [0.5, 0.6) is 5.75 Å². The van der Waals surface area contributed by atoms with Gasteiger partial charge in [0.15, 0.2) is 15.9 Å². The minimum atomic E-state index is -3.25. The molecule has 0 saturated heterocycles. The van der Waals surface area contributed by atoms with E-state index in [4.69, 9.17) is 10.00 Å². The zero-order chi connectivity index (χ0) is 17.8. The van der Waals surface area contributed by atoms with E-state index >= 15 is 0 Å². The highest BCUT2D eigenvalue weighted by molar-refractivity contribution is 7.91. The molecule has 23 heavy (non-hydrogen) atoms. The molecule has 0 N–H and O–H groups in total. The highest BCUT2D eigenvalue weighted by Gasteiger charge is 2.30. The Bertz CT molecular complexity index is 709. The highest BCUT2D eigenvalue weighted by Crippen LogP contribution is 2.19. The lowest BCUT2D eigenvalue weighted by molar-refractivity contribution is -0.138. The molecule has 0 aromatic heterocycles. The van der Waals surface area contributed by atoms with Crippen molar-refractivity contribution < 1.29 is 17.9 Å². The number of benzene rings is 1. The predicted molar refractivity (Wildman–Crippen MR) is 87.8 cm³/mol. The van der Waals surface area contributed by atoms with Crippen LogP contribution in [0.1, 0.15) is 26.3 Å². The molecule has 0 aliphatic carbocycles. The number of carbonyl (C=O) groups excluding carboxylic acids is 1. The van der Waals surface area contributed by atoms with Crippen LogP contribution in [0.4, 0.5) is 0 Å². The van der Waals surface area contributed by atoms with Crippen molar-refractivity contribution in [3.05, 3.63) is 29.8 Å². The third-order valence-electron chi connectivity index (χ3n) is 3.97. The number of para-hydroxylation sites is 1. The second-order valence-corrected chi connectivity index (χ2v) is 8.00. The summed E-state index contributed by atoms with van der Waals surface area (Å²) >= 11 is 0. The smallest absolute Gasteiger partial charge is 0.263 e. The molecule has 0 unspecified atom stereocenters. The van der Waals surface area contributed by atoms with E-state index in [1.807, 2.05) is 6.07 Å². The molecule has 1 aromatic carbocycles. The van der Waals surface area contributed by atoms with E-state index in [2.05, 4.69) is 0 Å². The molecule has 0 bridgehead atoms.